The summed E-state index contributed by atoms with van der Waals surface area (Å²) in [5, 5.41) is 15.0. The molecule has 3 fully saturated rings. The number of aromatic nitrogens is 4. The lowest BCUT2D eigenvalue weighted by Crippen LogP contribution is -2.22. The van der Waals surface area contributed by atoms with Crippen LogP contribution in [0.1, 0.15) is 29.8 Å². The van der Waals surface area contributed by atoms with Gasteiger partial charge in [-0.2, -0.15) is 15.9 Å². The van der Waals surface area contributed by atoms with Gasteiger partial charge in [-0.15, -0.1) is 5.10 Å². The highest BCUT2D eigenvalue weighted by molar-refractivity contribution is 8.53. The summed E-state index contributed by atoms with van der Waals surface area (Å²) < 4.78 is 1.56. The van der Waals surface area contributed by atoms with Crippen LogP contribution in [0, 0.1) is 0 Å². The molecule has 0 saturated carbocycles. The van der Waals surface area contributed by atoms with Crippen LogP contribution < -0.4 is 15.7 Å². The average Bonchev–Trinajstić information content (AvgIpc) is 3.59. The zero-order valence-corrected chi connectivity index (χ0v) is 21.8. The fourth-order valence-corrected chi connectivity index (χ4v) is 12.5. The highest BCUT2D eigenvalue weighted by Crippen LogP contribution is 3.13. The van der Waals surface area contributed by atoms with Crippen LogP contribution in [0.3, 0.4) is 0 Å². The number of anilines is 1. The number of benzene rings is 1. The largest absolute Gasteiger partial charge is 0.349 e. The Kier molecular flexibility index (Phi) is 4.05. The van der Waals surface area contributed by atoms with Crippen LogP contribution in [-0.2, 0) is 0 Å². The highest BCUT2D eigenvalue weighted by atomic mass is 32.3. The van der Waals surface area contributed by atoms with Crippen LogP contribution in [0.4, 0.5) is 5.13 Å². The van der Waals surface area contributed by atoms with Crippen LogP contribution >= 0.6 is 32.7 Å². The summed E-state index contributed by atoms with van der Waals surface area (Å²) in [5.41, 5.74) is 2.71. The summed E-state index contributed by atoms with van der Waals surface area (Å²) >= 11 is 3.38. The third-order valence-electron chi connectivity index (χ3n) is 7.90. The van der Waals surface area contributed by atoms with Gasteiger partial charge in [0.05, 0.1) is 15.8 Å². The summed E-state index contributed by atoms with van der Waals surface area (Å²) in [6.45, 7) is 6.14. The van der Waals surface area contributed by atoms with E-state index in [1.807, 2.05) is 24.3 Å². The van der Waals surface area contributed by atoms with E-state index >= 15 is 0 Å². The number of thiophene rings is 1. The molecule has 6 nitrogen and oxygen atoms in total. The smallest absolute Gasteiger partial charge is 0.280 e. The van der Waals surface area contributed by atoms with E-state index < -0.39 is 0 Å². The van der Waals surface area contributed by atoms with Gasteiger partial charge in [0, 0.05) is 45.1 Å². The molecule has 1 spiro atoms. The van der Waals surface area contributed by atoms with E-state index in [0.29, 0.717) is 16.3 Å². The van der Waals surface area contributed by atoms with Crippen molar-refractivity contribution >= 4 is 60.3 Å². The van der Waals surface area contributed by atoms with E-state index in [1.165, 1.54) is 5.75 Å². The van der Waals surface area contributed by atoms with Crippen molar-refractivity contribution in [2.75, 3.05) is 23.7 Å². The zero-order valence-electron chi connectivity index (χ0n) is 19.3. The van der Waals surface area contributed by atoms with Gasteiger partial charge in [-0.1, -0.05) is 29.5 Å². The normalized spacial score (nSPS) is 28.1. The molecule has 0 radical (unpaired) electrons. The molecule has 3 saturated heterocycles. The molecule has 4 unspecified atom stereocenters. The Balaban J connectivity index is 1.40. The number of fused-ring (bicyclic) bond motifs is 3. The molecule has 1 aromatic carbocycles. The molecule has 0 N–H and O–H groups in total. The number of nitrogens with zero attached hydrogens (tertiary/aromatic N) is 5. The molecular formula is C26H23N5OS3. The predicted octanol–water partition coefficient (Wildman–Crippen LogP) is 4.45. The Morgan fingerprint density at radius 3 is 2.66 bits per heavy atom. The second kappa shape index (κ2) is 6.93. The second-order valence-corrected chi connectivity index (χ2v) is 15.1. The monoisotopic (exact) mass is 517 g/mol. The van der Waals surface area contributed by atoms with Gasteiger partial charge in [0.1, 0.15) is 0 Å². The molecule has 0 aliphatic carbocycles. The first-order valence-corrected chi connectivity index (χ1v) is 15.8. The highest BCUT2D eigenvalue weighted by Gasteiger charge is 2.95. The van der Waals surface area contributed by atoms with Gasteiger partial charge in [0.2, 0.25) is 0 Å². The molecule has 0 amide bonds. The molecule has 8 rings (SSSR count). The van der Waals surface area contributed by atoms with Crippen molar-refractivity contribution in [3.63, 3.8) is 0 Å². The summed E-state index contributed by atoms with van der Waals surface area (Å²) in [6, 6.07) is 9.98. The van der Waals surface area contributed by atoms with Crippen molar-refractivity contribution in [3.8, 4) is 11.3 Å². The van der Waals surface area contributed by atoms with Gasteiger partial charge < -0.3 is 4.90 Å². The van der Waals surface area contributed by atoms with Gasteiger partial charge >= 0.3 is 0 Å². The van der Waals surface area contributed by atoms with Gasteiger partial charge in [-0.25, -0.2) is 20.0 Å². The van der Waals surface area contributed by atoms with E-state index in [4.69, 9.17) is 15.1 Å². The lowest BCUT2D eigenvalue weighted by molar-refractivity contribution is 0.838. The Morgan fingerprint density at radius 1 is 1.17 bits per heavy atom. The van der Waals surface area contributed by atoms with E-state index in [-0.39, 0.29) is 15.6 Å². The first kappa shape index (κ1) is 20.4. The van der Waals surface area contributed by atoms with E-state index in [2.05, 4.69) is 41.6 Å². The Morgan fingerprint density at radius 2 is 1.97 bits per heavy atom. The maximum atomic E-state index is 13.4. The SMILES string of the molecule is CCN(CC)c1nc(-c2ccsc2)c(/C=c2/c3ccccc3c(=O)n3nc(C4C5C6CS645)nc23)s1. The minimum atomic E-state index is -0.368. The Labute approximate surface area is 211 Å². The lowest BCUT2D eigenvalue weighted by Gasteiger charge is -2.16. The molecule has 4 aromatic heterocycles. The van der Waals surface area contributed by atoms with Crippen LogP contribution in [0.25, 0.3) is 33.8 Å². The van der Waals surface area contributed by atoms with Crippen LogP contribution in [-0.4, -0.2) is 48.9 Å². The van der Waals surface area contributed by atoms with E-state index in [1.54, 1.807) is 27.2 Å². The minimum Gasteiger partial charge on any atom is -0.349 e. The topological polar surface area (TPSA) is 63.4 Å². The molecule has 0 bridgehead atoms. The van der Waals surface area contributed by atoms with Gasteiger partial charge in [-0.3, -0.25) is 4.79 Å². The van der Waals surface area contributed by atoms with Crippen molar-refractivity contribution in [3.05, 3.63) is 67.4 Å². The first-order valence-electron chi connectivity index (χ1n) is 12.0. The molecule has 7 heterocycles. The lowest BCUT2D eigenvalue weighted by atomic mass is 10.1. The first-order chi connectivity index (χ1) is 17.2. The molecular weight excluding hydrogens is 495 g/mol. The summed E-state index contributed by atoms with van der Waals surface area (Å²) in [4.78, 5) is 26.8. The molecule has 9 heteroatoms. The molecule has 4 atom stereocenters. The quantitative estimate of drug-likeness (QED) is 0.312. The molecule has 35 heavy (non-hydrogen) atoms. The predicted molar refractivity (Wildman–Crippen MR) is 147 cm³/mol. The zero-order chi connectivity index (χ0) is 23.5. The number of hydrogen-bond acceptors (Lipinski definition) is 7. The van der Waals surface area contributed by atoms with Crippen molar-refractivity contribution in [1.29, 1.82) is 0 Å². The van der Waals surface area contributed by atoms with Crippen LogP contribution in [0.5, 0.6) is 0 Å². The van der Waals surface area contributed by atoms with Crippen molar-refractivity contribution in [2.24, 2.45) is 0 Å². The van der Waals surface area contributed by atoms with E-state index in [9.17, 15) is 4.79 Å². The standard InChI is InChI=1S/C26H23N5OS3/c1-3-30(4-2)26-27-20(14-9-10-33-12-14)18(34-26)11-17-15-7-5-6-8-16(15)25(32)31-24(17)28-23(29-31)22-21-19-13-35(19,21)22/h5-12,19,21-22H,3-4,13H2,1-2H3/b17-11-. The van der Waals surface area contributed by atoms with Gasteiger partial charge in [-0.05, 0) is 48.6 Å². The molecule has 176 valence electrons. The van der Waals surface area contributed by atoms with Crippen LogP contribution in [0.15, 0.2) is 45.9 Å². The fraction of sp³-hybridized carbons (Fsp3) is 0.308. The summed E-state index contributed by atoms with van der Waals surface area (Å²) in [5.74, 6) is 2.30. The number of thiazole rings is 1. The average molecular weight is 518 g/mol. The van der Waals surface area contributed by atoms with Crippen LogP contribution in [0.2, 0.25) is 0 Å². The second-order valence-electron chi connectivity index (χ2n) is 9.51. The summed E-state index contributed by atoms with van der Waals surface area (Å²) in [6.07, 6.45) is 2.19. The Bertz CT molecular complexity index is 1770. The number of pyridine rings is 1. The minimum absolute atomic E-state index is 0.0770. The summed E-state index contributed by atoms with van der Waals surface area (Å²) in [7, 11) is -0.368. The third-order valence-corrected chi connectivity index (χ3v) is 14.2. The van der Waals surface area contributed by atoms with E-state index in [0.717, 1.165) is 61.3 Å². The van der Waals surface area contributed by atoms with Crippen molar-refractivity contribution in [1.82, 2.24) is 19.6 Å². The molecule has 5 aromatic rings. The molecule has 3 aliphatic heterocycles. The number of hydrogen-bond donors (Lipinski definition) is 0. The third kappa shape index (κ3) is 2.66. The fourth-order valence-electron chi connectivity index (χ4n) is 5.74. The van der Waals surface area contributed by atoms with Gasteiger partial charge in [0.25, 0.3) is 5.56 Å². The maximum Gasteiger partial charge on any atom is 0.280 e. The maximum absolute atomic E-state index is 13.4. The van der Waals surface area contributed by atoms with Crippen molar-refractivity contribution < 1.29 is 0 Å². The van der Waals surface area contributed by atoms with Gasteiger partial charge in [0.15, 0.2) is 16.6 Å². The number of rotatable bonds is 6. The Hall–Kier alpha value is -2.75. The van der Waals surface area contributed by atoms with Crippen molar-refractivity contribution in [2.45, 2.75) is 29.6 Å². The molecule has 3 aliphatic rings.